The van der Waals surface area contributed by atoms with Crippen LogP contribution in [-0.4, -0.2) is 62.6 Å². The van der Waals surface area contributed by atoms with Crippen LogP contribution < -0.4 is 0 Å². The lowest BCUT2D eigenvalue weighted by Gasteiger charge is -2.26. The van der Waals surface area contributed by atoms with E-state index in [0.717, 1.165) is 0 Å². The van der Waals surface area contributed by atoms with Crippen molar-refractivity contribution in [2.24, 2.45) is 0 Å². The van der Waals surface area contributed by atoms with Gasteiger partial charge in [0.1, 0.15) is 5.60 Å². The predicted octanol–water partition coefficient (Wildman–Crippen LogP) is 0.862. The highest BCUT2D eigenvalue weighted by Gasteiger charge is 2.30. The number of ether oxygens (including phenoxy) is 1. The van der Waals surface area contributed by atoms with E-state index in [2.05, 4.69) is 0 Å². The molecule has 0 saturated heterocycles. The molecule has 0 radical (unpaired) electrons. The second kappa shape index (κ2) is 6.77. The number of amides is 2. The van der Waals surface area contributed by atoms with Crippen LogP contribution in [0.3, 0.4) is 0 Å². The number of alkyl halides is 1. The van der Waals surface area contributed by atoms with E-state index in [1.807, 2.05) is 0 Å². The molecule has 0 aliphatic heterocycles. The van der Waals surface area contributed by atoms with Crippen molar-refractivity contribution in [2.45, 2.75) is 38.6 Å². The number of hydrogen-bond acceptors (Lipinski definition) is 5. The molecular formula is C10H18ClNO6. The Kier molecular flexibility index (Phi) is 6.37. The molecule has 0 aromatic rings. The average Bonchev–Trinajstić information content (AvgIpc) is 2.21. The van der Waals surface area contributed by atoms with Crippen LogP contribution in [0, 0.1) is 0 Å². The quantitative estimate of drug-likeness (QED) is 0.661. The van der Waals surface area contributed by atoms with Crippen LogP contribution in [0.25, 0.3) is 0 Å². The highest BCUT2D eigenvalue weighted by Crippen LogP contribution is 2.11. The number of carbonyl (C=O) groups is 2. The number of hydrogen-bond donors (Lipinski definition) is 3. The molecule has 0 aliphatic rings. The van der Waals surface area contributed by atoms with E-state index in [0.29, 0.717) is 0 Å². The smallest absolute Gasteiger partial charge is 0.419 e. The number of nitrogens with zero attached hydrogens (tertiary/aromatic N) is 1. The van der Waals surface area contributed by atoms with Crippen LogP contribution in [0.15, 0.2) is 0 Å². The number of rotatable bonds is 4. The molecule has 0 rings (SSSR count). The van der Waals surface area contributed by atoms with Gasteiger partial charge < -0.3 is 20.1 Å². The van der Waals surface area contributed by atoms with Gasteiger partial charge >= 0.3 is 12.2 Å². The minimum absolute atomic E-state index is 0.275. The SMILES string of the molecule is CC(C)(C)OC(=O)N(C[C@@H](O)[C@H](O)CCl)C(=O)O. The van der Waals surface area contributed by atoms with Gasteiger partial charge in [0.25, 0.3) is 0 Å². The molecule has 0 aliphatic carbocycles. The molecule has 2 atom stereocenters. The molecule has 2 amide bonds. The third kappa shape index (κ3) is 6.04. The van der Waals surface area contributed by atoms with Gasteiger partial charge in [0.15, 0.2) is 0 Å². The maximum atomic E-state index is 11.5. The topological polar surface area (TPSA) is 107 Å². The summed E-state index contributed by atoms with van der Waals surface area (Å²) in [6.45, 7) is 4.12. The summed E-state index contributed by atoms with van der Waals surface area (Å²) in [5.41, 5.74) is -0.860. The Bertz CT molecular complexity index is 303. The Labute approximate surface area is 110 Å². The van der Waals surface area contributed by atoms with E-state index < -0.39 is 36.5 Å². The van der Waals surface area contributed by atoms with E-state index in [4.69, 9.17) is 21.4 Å². The second-order valence-electron chi connectivity index (χ2n) is 4.66. The first-order valence-corrected chi connectivity index (χ1v) is 5.77. The zero-order chi connectivity index (χ0) is 14.5. The van der Waals surface area contributed by atoms with Crippen molar-refractivity contribution in [1.29, 1.82) is 0 Å². The summed E-state index contributed by atoms with van der Waals surface area (Å²) in [7, 11) is 0. The fourth-order valence-electron chi connectivity index (χ4n) is 0.959. The largest absolute Gasteiger partial charge is 0.465 e. The fraction of sp³-hybridized carbons (Fsp3) is 0.800. The molecule has 0 heterocycles. The van der Waals surface area contributed by atoms with E-state index in [1.165, 1.54) is 0 Å². The highest BCUT2D eigenvalue weighted by molar-refractivity contribution is 6.18. The van der Waals surface area contributed by atoms with Gasteiger partial charge in [0, 0.05) is 0 Å². The minimum atomic E-state index is -1.58. The number of aliphatic hydroxyl groups excluding tert-OH is 2. The third-order valence-electron chi connectivity index (χ3n) is 1.82. The second-order valence-corrected chi connectivity index (χ2v) is 4.97. The Morgan fingerprint density at radius 2 is 1.78 bits per heavy atom. The zero-order valence-corrected chi connectivity index (χ0v) is 11.2. The Balaban J connectivity index is 4.68. The van der Waals surface area contributed by atoms with E-state index in [9.17, 15) is 19.8 Å². The molecule has 0 fully saturated rings. The summed E-state index contributed by atoms with van der Waals surface area (Å²) in [5, 5.41) is 27.5. The monoisotopic (exact) mass is 283 g/mol. The van der Waals surface area contributed by atoms with E-state index >= 15 is 0 Å². The number of halogens is 1. The van der Waals surface area contributed by atoms with Crippen LogP contribution in [0.1, 0.15) is 20.8 Å². The summed E-state index contributed by atoms with van der Waals surface area (Å²) < 4.78 is 4.86. The van der Waals surface area contributed by atoms with Crippen molar-refractivity contribution in [3.05, 3.63) is 0 Å². The summed E-state index contributed by atoms with van der Waals surface area (Å²) in [5.74, 6) is -0.275. The van der Waals surface area contributed by atoms with Crippen LogP contribution in [0.5, 0.6) is 0 Å². The van der Waals surface area contributed by atoms with Crippen molar-refractivity contribution >= 4 is 23.8 Å². The Morgan fingerprint density at radius 3 is 2.11 bits per heavy atom. The number of imide groups is 1. The van der Waals surface area contributed by atoms with Gasteiger partial charge in [-0.25, -0.2) is 14.5 Å². The molecule has 0 saturated carbocycles. The molecule has 3 N–H and O–H groups in total. The molecule has 0 aromatic heterocycles. The normalized spacial score (nSPS) is 14.8. The van der Waals surface area contributed by atoms with E-state index in [-0.39, 0.29) is 10.8 Å². The molecule has 0 spiro atoms. The van der Waals surface area contributed by atoms with Gasteiger partial charge in [-0.05, 0) is 20.8 Å². The van der Waals surface area contributed by atoms with Gasteiger partial charge in [-0.3, -0.25) is 0 Å². The lowest BCUT2D eigenvalue weighted by Crippen LogP contribution is -2.47. The third-order valence-corrected chi connectivity index (χ3v) is 2.13. The summed E-state index contributed by atoms with van der Waals surface area (Å²) in [6, 6.07) is 0. The van der Waals surface area contributed by atoms with Crippen LogP contribution in [0.2, 0.25) is 0 Å². The first-order chi connectivity index (χ1) is 8.08. The number of carbonyl (C=O) groups excluding carboxylic acids is 1. The molecule has 8 heteroatoms. The Morgan fingerprint density at radius 1 is 1.28 bits per heavy atom. The highest BCUT2D eigenvalue weighted by atomic mass is 35.5. The number of carboxylic acid groups (broad SMARTS) is 1. The molecule has 0 aromatic carbocycles. The van der Waals surface area contributed by atoms with Crippen molar-refractivity contribution in [1.82, 2.24) is 4.90 Å². The maximum Gasteiger partial charge on any atom is 0.419 e. The van der Waals surface area contributed by atoms with E-state index in [1.54, 1.807) is 20.8 Å². The predicted molar refractivity (Wildman–Crippen MR) is 63.7 cm³/mol. The van der Waals surface area contributed by atoms with Crippen LogP contribution >= 0.6 is 11.6 Å². The summed E-state index contributed by atoms with van der Waals surface area (Å²) >= 11 is 5.30. The Hall–Kier alpha value is -1.05. The van der Waals surface area contributed by atoms with Crippen molar-refractivity contribution in [3.63, 3.8) is 0 Å². The maximum absolute atomic E-state index is 11.5. The summed E-state index contributed by atoms with van der Waals surface area (Å²) in [4.78, 5) is 22.7. The first-order valence-electron chi connectivity index (χ1n) is 5.24. The lowest BCUT2D eigenvalue weighted by molar-refractivity contribution is -0.00630. The zero-order valence-electron chi connectivity index (χ0n) is 10.5. The van der Waals surface area contributed by atoms with Crippen LogP contribution in [0.4, 0.5) is 9.59 Å². The van der Waals surface area contributed by atoms with Gasteiger partial charge in [-0.2, -0.15) is 0 Å². The molecule has 0 unspecified atom stereocenters. The standard InChI is InChI=1S/C10H18ClNO6/c1-10(2,3)18-9(17)12(8(15)16)5-7(14)6(13)4-11/h6-7,13-14H,4-5H2,1-3H3,(H,15,16)/t6-,7-/m1/s1. The minimum Gasteiger partial charge on any atom is -0.465 e. The molecular weight excluding hydrogens is 266 g/mol. The summed E-state index contributed by atoms with van der Waals surface area (Å²) in [6.07, 6.45) is -5.48. The number of aliphatic hydroxyl groups is 2. The van der Waals surface area contributed by atoms with Gasteiger partial charge in [0.2, 0.25) is 0 Å². The van der Waals surface area contributed by atoms with Crippen molar-refractivity contribution in [3.8, 4) is 0 Å². The molecule has 18 heavy (non-hydrogen) atoms. The average molecular weight is 284 g/mol. The van der Waals surface area contributed by atoms with Crippen molar-refractivity contribution in [2.75, 3.05) is 12.4 Å². The fourth-order valence-corrected chi connectivity index (χ4v) is 1.16. The molecule has 7 nitrogen and oxygen atoms in total. The van der Waals surface area contributed by atoms with Gasteiger partial charge in [-0.15, -0.1) is 11.6 Å². The van der Waals surface area contributed by atoms with Gasteiger partial charge in [-0.1, -0.05) is 0 Å². The lowest BCUT2D eigenvalue weighted by atomic mass is 10.2. The van der Waals surface area contributed by atoms with Gasteiger partial charge in [0.05, 0.1) is 24.6 Å². The first kappa shape index (κ1) is 16.9. The molecule has 106 valence electrons. The van der Waals surface area contributed by atoms with Crippen LogP contribution in [-0.2, 0) is 4.74 Å². The molecule has 0 bridgehead atoms. The van der Waals surface area contributed by atoms with Crippen molar-refractivity contribution < 1.29 is 29.6 Å².